The van der Waals surface area contributed by atoms with Crippen LogP contribution in [0.2, 0.25) is 0 Å². The van der Waals surface area contributed by atoms with Crippen LogP contribution in [0.3, 0.4) is 0 Å². The van der Waals surface area contributed by atoms with E-state index in [4.69, 9.17) is 4.98 Å². The summed E-state index contributed by atoms with van der Waals surface area (Å²) in [6.07, 6.45) is 3.53. The van der Waals surface area contributed by atoms with Gasteiger partial charge >= 0.3 is 0 Å². The first-order valence-corrected chi connectivity index (χ1v) is 8.92. The largest absolute Gasteiger partial charge is 0.353 e. The highest BCUT2D eigenvalue weighted by Crippen LogP contribution is 2.32. The van der Waals surface area contributed by atoms with Crippen LogP contribution >= 0.6 is 0 Å². The molecule has 3 aromatic rings. The second-order valence-corrected chi connectivity index (χ2v) is 6.73. The van der Waals surface area contributed by atoms with Crippen molar-refractivity contribution in [2.75, 3.05) is 11.4 Å². The average Bonchev–Trinajstić information content (AvgIpc) is 2.68. The number of fused-ring (bicyclic) bond motifs is 1. The molecule has 1 fully saturated rings. The van der Waals surface area contributed by atoms with Crippen LogP contribution in [0.15, 0.2) is 48.5 Å². The van der Waals surface area contributed by atoms with E-state index in [9.17, 15) is 10.1 Å². The molecule has 6 heteroatoms. The van der Waals surface area contributed by atoms with E-state index in [0.29, 0.717) is 17.4 Å². The van der Waals surface area contributed by atoms with Crippen molar-refractivity contribution in [2.45, 2.75) is 32.2 Å². The van der Waals surface area contributed by atoms with E-state index < -0.39 is 4.92 Å². The van der Waals surface area contributed by atoms with Crippen LogP contribution in [0.1, 0.15) is 26.2 Å². The summed E-state index contributed by atoms with van der Waals surface area (Å²) in [5.74, 6) is 1.45. The molecule has 0 bridgehead atoms. The van der Waals surface area contributed by atoms with Crippen LogP contribution in [0.4, 0.5) is 11.5 Å². The number of anilines is 1. The molecular formula is C20H20N4O2. The Morgan fingerprint density at radius 3 is 2.77 bits per heavy atom. The van der Waals surface area contributed by atoms with Gasteiger partial charge in [0.15, 0.2) is 5.82 Å². The van der Waals surface area contributed by atoms with E-state index >= 15 is 0 Å². The Balaban J connectivity index is 1.89. The van der Waals surface area contributed by atoms with Gasteiger partial charge in [0.25, 0.3) is 5.69 Å². The molecule has 1 aromatic heterocycles. The van der Waals surface area contributed by atoms with Crippen molar-refractivity contribution in [1.82, 2.24) is 9.97 Å². The number of nitro groups is 1. The van der Waals surface area contributed by atoms with Crippen molar-refractivity contribution in [3.8, 4) is 11.4 Å². The molecule has 0 spiro atoms. The van der Waals surface area contributed by atoms with E-state index in [1.807, 2.05) is 30.3 Å². The molecule has 0 radical (unpaired) electrons. The minimum absolute atomic E-state index is 0.0483. The number of aromatic nitrogens is 2. The number of hydrogen-bond donors (Lipinski definition) is 0. The summed E-state index contributed by atoms with van der Waals surface area (Å²) in [4.78, 5) is 22.6. The fourth-order valence-corrected chi connectivity index (χ4v) is 3.58. The number of piperidine rings is 1. The molecule has 4 rings (SSSR count). The fraction of sp³-hybridized carbons (Fsp3) is 0.300. The Kier molecular flexibility index (Phi) is 4.24. The van der Waals surface area contributed by atoms with E-state index in [2.05, 4.69) is 16.8 Å². The molecule has 132 valence electrons. The SMILES string of the molecule is C[C@H]1CCCCN1c1nc(-c2cccc([N+](=O)[O-])c2)nc2ccccc12. The van der Waals surface area contributed by atoms with Crippen molar-refractivity contribution in [3.05, 3.63) is 58.6 Å². The highest BCUT2D eigenvalue weighted by atomic mass is 16.6. The number of rotatable bonds is 3. The Labute approximate surface area is 151 Å². The van der Waals surface area contributed by atoms with Gasteiger partial charge in [0, 0.05) is 35.7 Å². The quantitative estimate of drug-likeness (QED) is 0.511. The fourth-order valence-electron chi connectivity index (χ4n) is 3.58. The van der Waals surface area contributed by atoms with Crippen molar-refractivity contribution in [2.24, 2.45) is 0 Å². The molecular weight excluding hydrogens is 328 g/mol. The summed E-state index contributed by atoms with van der Waals surface area (Å²) in [6.45, 7) is 3.19. The smallest absolute Gasteiger partial charge is 0.270 e. The zero-order chi connectivity index (χ0) is 18.1. The van der Waals surface area contributed by atoms with Crippen molar-refractivity contribution in [3.63, 3.8) is 0 Å². The number of benzene rings is 2. The summed E-state index contributed by atoms with van der Waals surface area (Å²) in [5.41, 5.74) is 1.57. The molecule has 2 heterocycles. The summed E-state index contributed by atoms with van der Waals surface area (Å²) in [5, 5.41) is 12.1. The number of hydrogen-bond acceptors (Lipinski definition) is 5. The van der Waals surface area contributed by atoms with Gasteiger partial charge < -0.3 is 4.90 Å². The summed E-state index contributed by atoms with van der Waals surface area (Å²) >= 11 is 0. The predicted octanol–water partition coefficient (Wildman–Crippen LogP) is 4.58. The molecule has 1 aliphatic heterocycles. The molecule has 0 saturated carbocycles. The Bertz CT molecular complexity index is 973. The lowest BCUT2D eigenvalue weighted by atomic mass is 10.0. The normalized spacial score (nSPS) is 17.4. The van der Waals surface area contributed by atoms with Gasteiger partial charge in [-0.1, -0.05) is 24.3 Å². The molecule has 1 atom stereocenters. The molecule has 6 nitrogen and oxygen atoms in total. The van der Waals surface area contributed by atoms with Gasteiger partial charge in [0.05, 0.1) is 10.4 Å². The maximum Gasteiger partial charge on any atom is 0.270 e. The Hall–Kier alpha value is -3.02. The topological polar surface area (TPSA) is 72.2 Å². The summed E-state index contributed by atoms with van der Waals surface area (Å²) < 4.78 is 0. The Morgan fingerprint density at radius 2 is 1.96 bits per heavy atom. The zero-order valence-electron chi connectivity index (χ0n) is 14.6. The van der Waals surface area contributed by atoms with E-state index in [-0.39, 0.29) is 5.69 Å². The third-order valence-corrected chi connectivity index (χ3v) is 4.97. The molecule has 0 aliphatic carbocycles. The molecule has 1 aliphatic rings. The van der Waals surface area contributed by atoms with Gasteiger partial charge in [-0.15, -0.1) is 0 Å². The molecule has 0 N–H and O–H groups in total. The highest BCUT2D eigenvalue weighted by Gasteiger charge is 2.23. The molecule has 2 aromatic carbocycles. The van der Waals surface area contributed by atoms with Gasteiger partial charge in [-0.05, 0) is 38.3 Å². The Morgan fingerprint density at radius 1 is 1.12 bits per heavy atom. The lowest BCUT2D eigenvalue weighted by Crippen LogP contribution is -2.38. The van der Waals surface area contributed by atoms with Crippen LogP contribution in [0.25, 0.3) is 22.3 Å². The van der Waals surface area contributed by atoms with Crippen LogP contribution < -0.4 is 4.90 Å². The monoisotopic (exact) mass is 348 g/mol. The van der Waals surface area contributed by atoms with Gasteiger partial charge in [0.1, 0.15) is 5.82 Å². The first-order valence-electron chi connectivity index (χ1n) is 8.92. The van der Waals surface area contributed by atoms with Gasteiger partial charge in [-0.2, -0.15) is 0 Å². The molecule has 0 unspecified atom stereocenters. The van der Waals surface area contributed by atoms with E-state index in [0.717, 1.165) is 36.1 Å². The second-order valence-electron chi connectivity index (χ2n) is 6.73. The number of nitro benzene ring substituents is 1. The summed E-state index contributed by atoms with van der Waals surface area (Å²) in [7, 11) is 0. The van der Waals surface area contributed by atoms with E-state index in [1.165, 1.54) is 18.6 Å². The van der Waals surface area contributed by atoms with Crippen molar-refractivity contribution in [1.29, 1.82) is 0 Å². The standard InChI is InChI=1S/C20H20N4O2/c1-14-7-4-5-12-23(14)20-17-10-2-3-11-18(17)21-19(22-20)15-8-6-9-16(13-15)24(25)26/h2-3,6,8-11,13-14H,4-5,7,12H2,1H3/t14-/m0/s1. The number of nitrogens with zero attached hydrogens (tertiary/aromatic N) is 4. The summed E-state index contributed by atoms with van der Waals surface area (Å²) in [6, 6.07) is 14.9. The lowest BCUT2D eigenvalue weighted by Gasteiger charge is -2.35. The predicted molar refractivity (Wildman–Crippen MR) is 102 cm³/mol. The second kappa shape index (κ2) is 6.71. The molecule has 0 amide bonds. The zero-order valence-corrected chi connectivity index (χ0v) is 14.6. The van der Waals surface area contributed by atoms with E-state index in [1.54, 1.807) is 6.07 Å². The first kappa shape index (κ1) is 16.4. The lowest BCUT2D eigenvalue weighted by molar-refractivity contribution is -0.384. The first-order chi connectivity index (χ1) is 12.6. The third kappa shape index (κ3) is 2.98. The van der Waals surface area contributed by atoms with Crippen LogP contribution in [0.5, 0.6) is 0 Å². The number of non-ortho nitro benzene ring substituents is 1. The minimum Gasteiger partial charge on any atom is -0.353 e. The van der Waals surface area contributed by atoms with Crippen LogP contribution in [-0.2, 0) is 0 Å². The van der Waals surface area contributed by atoms with Gasteiger partial charge in [-0.25, -0.2) is 9.97 Å². The third-order valence-electron chi connectivity index (χ3n) is 4.97. The maximum absolute atomic E-state index is 11.1. The van der Waals surface area contributed by atoms with Crippen molar-refractivity contribution < 1.29 is 4.92 Å². The van der Waals surface area contributed by atoms with Gasteiger partial charge in [0.2, 0.25) is 0 Å². The maximum atomic E-state index is 11.1. The highest BCUT2D eigenvalue weighted by molar-refractivity contribution is 5.91. The molecule has 1 saturated heterocycles. The molecule has 26 heavy (non-hydrogen) atoms. The van der Waals surface area contributed by atoms with Gasteiger partial charge in [-0.3, -0.25) is 10.1 Å². The minimum atomic E-state index is -0.391. The van der Waals surface area contributed by atoms with Crippen LogP contribution in [0, 0.1) is 10.1 Å². The number of para-hydroxylation sites is 1. The van der Waals surface area contributed by atoms with Crippen LogP contribution in [-0.4, -0.2) is 27.5 Å². The van der Waals surface area contributed by atoms with Crippen molar-refractivity contribution >= 4 is 22.4 Å². The average molecular weight is 348 g/mol.